The van der Waals surface area contributed by atoms with Gasteiger partial charge in [-0.05, 0) is 43.7 Å². The Hall–Kier alpha value is -3.79. The third-order valence-corrected chi connectivity index (χ3v) is 6.28. The van der Waals surface area contributed by atoms with Gasteiger partial charge in [0, 0.05) is 6.20 Å². The van der Waals surface area contributed by atoms with E-state index in [9.17, 15) is 14.4 Å². The number of nitrogens with zero attached hydrogens (tertiary/aromatic N) is 3. The Bertz CT molecular complexity index is 1180. The maximum atomic E-state index is 13.0. The van der Waals surface area contributed by atoms with Crippen molar-refractivity contribution in [1.29, 1.82) is 0 Å². The fraction of sp³-hybridized carbons (Fsp3) is 0.227. The number of thiazole rings is 1. The van der Waals surface area contributed by atoms with Gasteiger partial charge in [0.25, 0.3) is 5.91 Å². The highest BCUT2D eigenvalue weighted by atomic mass is 32.1. The molecule has 32 heavy (non-hydrogen) atoms. The minimum Gasteiger partial charge on any atom is -0.497 e. The van der Waals surface area contributed by atoms with Crippen LogP contribution in [0.25, 0.3) is 10.6 Å². The summed E-state index contributed by atoms with van der Waals surface area (Å²) in [7, 11) is 1.54. The molecule has 1 fully saturated rings. The van der Waals surface area contributed by atoms with Crippen LogP contribution in [0, 0.1) is 6.92 Å². The van der Waals surface area contributed by atoms with Gasteiger partial charge in [0.2, 0.25) is 5.91 Å². The monoisotopic (exact) mass is 451 g/mol. The van der Waals surface area contributed by atoms with Gasteiger partial charge in [-0.25, -0.2) is 9.78 Å². The van der Waals surface area contributed by atoms with Crippen LogP contribution in [0.5, 0.6) is 5.75 Å². The fourth-order valence-corrected chi connectivity index (χ4v) is 4.41. The molecule has 1 saturated heterocycles. The second-order valence-corrected chi connectivity index (χ2v) is 8.37. The number of pyridine rings is 1. The average molecular weight is 452 g/mol. The minimum absolute atomic E-state index is 0.373. The Morgan fingerprint density at radius 3 is 2.62 bits per heavy atom. The molecule has 164 valence electrons. The zero-order chi connectivity index (χ0) is 22.9. The maximum absolute atomic E-state index is 13.0. The number of benzene rings is 1. The van der Waals surface area contributed by atoms with E-state index in [0.717, 1.165) is 21.2 Å². The van der Waals surface area contributed by atoms with Crippen LogP contribution in [0.1, 0.15) is 18.2 Å². The first-order chi connectivity index (χ1) is 15.3. The van der Waals surface area contributed by atoms with Crippen molar-refractivity contribution in [1.82, 2.24) is 20.2 Å². The predicted octanol–water partition coefficient (Wildman–Crippen LogP) is 2.93. The van der Waals surface area contributed by atoms with E-state index in [0.29, 0.717) is 16.4 Å². The highest BCUT2D eigenvalue weighted by Crippen LogP contribution is 2.32. The summed E-state index contributed by atoms with van der Waals surface area (Å²) in [5.41, 5.74) is 0.807. The molecule has 3 aromatic rings. The number of imide groups is 1. The number of amides is 4. The molecule has 0 aliphatic carbocycles. The number of anilines is 1. The number of nitrogens with one attached hydrogen (secondary N) is 2. The third-order valence-electron chi connectivity index (χ3n) is 5.18. The summed E-state index contributed by atoms with van der Waals surface area (Å²) in [5.74, 6) is -0.393. The summed E-state index contributed by atoms with van der Waals surface area (Å²) in [6, 6.07) is 11.7. The van der Waals surface area contributed by atoms with Crippen LogP contribution >= 0.6 is 11.3 Å². The van der Waals surface area contributed by atoms with Crippen molar-refractivity contribution in [3.63, 3.8) is 0 Å². The van der Waals surface area contributed by atoms with Crippen molar-refractivity contribution in [3.05, 3.63) is 59.9 Å². The zero-order valence-electron chi connectivity index (χ0n) is 17.7. The molecule has 3 heterocycles. The molecule has 0 radical (unpaired) electrons. The van der Waals surface area contributed by atoms with E-state index in [-0.39, 0.29) is 0 Å². The normalized spacial score (nSPS) is 17.9. The molecule has 2 N–H and O–H groups in total. The van der Waals surface area contributed by atoms with E-state index in [1.54, 1.807) is 44.5 Å². The molecule has 0 bridgehead atoms. The molecule has 1 atom stereocenters. The van der Waals surface area contributed by atoms with Gasteiger partial charge in [-0.2, -0.15) is 0 Å². The zero-order valence-corrected chi connectivity index (χ0v) is 18.5. The van der Waals surface area contributed by atoms with Crippen LogP contribution in [-0.4, -0.2) is 46.4 Å². The van der Waals surface area contributed by atoms with Crippen molar-refractivity contribution < 1.29 is 19.1 Å². The van der Waals surface area contributed by atoms with Crippen molar-refractivity contribution in [2.45, 2.75) is 19.4 Å². The molecule has 4 amide bonds. The summed E-state index contributed by atoms with van der Waals surface area (Å²) >= 11 is 1.28. The highest BCUT2D eigenvalue weighted by Gasteiger charge is 2.49. The van der Waals surface area contributed by atoms with E-state index in [1.165, 1.54) is 11.3 Å². The summed E-state index contributed by atoms with van der Waals surface area (Å²) in [6.45, 7) is 3.01. The minimum atomic E-state index is -1.27. The quantitative estimate of drug-likeness (QED) is 0.557. The number of hydrogen-bond donors (Lipinski definition) is 2. The lowest BCUT2D eigenvalue weighted by Gasteiger charge is -2.22. The molecule has 4 rings (SSSR count). The average Bonchev–Trinajstić information content (AvgIpc) is 3.26. The van der Waals surface area contributed by atoms with E-state index >= 15 is 0 Å². The Morgan fingerprint density at radius 1 is 1.22 bits per heavy atom. The first-order valence-electron chi connectivity index (χ1n) is 9.79. The Balaban J connectivity index is 1.46. The largest absolute Gasteiger partial charge is 0.497 e. The van der Waals surface area contributed by atoms with Gasteiger partial charge in [-0.3, -0.25) is 19.5 Å². The lowest BCUT2D eigenvalue weighted by molar-refractivity contribution is -0.133. The smallest absolute Gasteiger partial charge is 0.325 e. The molecular weight excluding hydrogens is 430 g/mol. The lowest BCUT2D eigenvalue weighted by atomic mass is 9.92. The van der Waals surface area contributed by atoms with Crippen molar-refractivity contribution in [2.24, 2.45) is 0 Å². The molecule has 2 aromatic heterocycles. The SMILES string of the molecule is COc1ccc(C2(C)NC(=O)N(CC(=O)Nc3nc(C)c(-c4ccccn4)s3)C2=O)cc1. The second-order valence-electron chi connectivity index (χ2n) is 7.37. The second kappa shape index (κ2) is 8.39. The first kappa shape index (κ1) is 21.4. The van der Waals surface area contributed by atoms with Crippen molar-refractivity contribution in [3.8, 4) is 16.3 Å². The summed E-state index contributed by atoms with van der Waals surface area (Å²) in [4.78, 5) is 48.5. The molecular formula is C22H21N5O4S. The number of carbonyl (C=O) groups excluding carboxylic acids is 3. The molecule has 1 unspecified atom stereocenters. The van der Waals surface area contributed by atoms with Gasteiger partial charge in [0.1, 0.15) is 17.8 Å². The van der Waals surface area contributed by atoms with E-state index in [4.69, 9.17) is 4.74 Å². The standard InChI is InChI=1S/C22H21N5O4S/c1-13-18(16-6-4-5-11-23-16)32-20(24-13)25-17(28)12-27-19(29)22(2,26-21(27)30)14-7-9-15(31-3)10-8-14/h4-11H,12H2,1-3H3,(H,26,30)(H,24,25,28). The maximum Gasteiger partial charge on any atom is 0.325 e. The van der Waals surface area contributed by atoms with Gasteiger partial charge >= 0.3 is 6.03 Å². The van der Waals surface area contributed by atoms with Gasteiger partial charge in [-0.15, -0.1) is 0 Å². The molecule has 9 nitrogen and oxygen atoms in total. The van der Waals surface area contributed by atoms with E-state index in [1.807, 2.05) is 25.1 Å². The highest BCUT2D eigenvalue weighted by molar-refractivity contribution is 7.19. The fourth-order valence-electron chi connectivity index (χ4n) is 3.45. The lowest BCUT2D eigenvalue weighted by Crippen LogP contribution is -2.42. The summed E-state index contributed by atoms with van der Waals surface area (Å²) < 4.78 is 5.14. The van der Waals surface area contributed by atoms with Crippen LogP contribution in [0.4, 0.5) is 9.93 Å². The van der Waals surface area contributed by atoms with Gasteiger partial charge < -0.3 is 15.4 Å². The molecule has 1 aliphatic rings. The third kappa shape index (κ3) is 3.92. The number of urea groups is 1. The molecule has 0 saturated carbocycles. The molecule has 1 aromatic carbocycles. The van der Waals surface area contributed by atoms with E-state index < -0.39 is 29.9 Å². The number of aryl methyl sites for hydroxylation is 1. The Morgan fingerprint density at radius 2 is 1.97 bits per heavy atom. The van der Waals surface area contributed by atoms with Crippen LogP contribution in [0.15, 0.2) is 48.7 Å². The van der Waals surface area contributed by atoms with Crippen LogP contribution in [-0.2, 0) is 15.1 Å². The summed E-state index contributed by atoms with van der Waals surface area (Å²) in [5, 5.41) is 5.73. The Labute approximate surface area is 188 Å². The number of ether oxygens (including phenoxy) is 1. The van der Waals surface area contributed by atoms with Gasteiger partial charge in [0.15, 0.2) is 5.13 Å². The van der Waals surface area contributed by atoms with Crippen molar-refractivity contribution >= 4 is 34.3 Å². The summed E-state index contributed by atoms with van der Waals surface area (Å²) in [6.07, 6.45) is 1.68. The Kier molecular flexibility index (Phi) is 5.62. The molecule has 0 spiro atoms. The van der Waals surface area contributed by atoms with Gasteiger partial charge in [0.05, 0.1) is 23.4 Å². The van der Waals surface area contributed by atoms with E-state index in [2.05, 4.69) is 20.6 Å². The molecule has 10 heteroatoms. The van der Waals surface area contributed by atoms with Gasteiger partial charge in [-0.1, -0.05) is 29.5 Å². The number of methoxy groups -OCH3 is 1. The number of hydrogen-bond acceptors (Lipinski definition) is 7. The van der Waals surface area contributed by atoms with Crippen LogP contribution in [0.2, 0.25) is 0 Å². The number of aromatic nitrogens is 2. The number of carbonyl (C=O) groups is 3. The topological polar surface area (TPSA) is 114 Å². The van der Waals surface area contributed by atoms with Crippen LogP contribution < -0.4 is 15.4 Å². The predicted molar refractivity (Wildman–Crippen MR) is 119 cm³/mol. The van der Waals surface area contributed by atoms with Crippen LogP contribution in [0.3, 0.4) is 0 Å². The van der Waals surface area contributed by atoms with Crippen molar-refractivity contribution in [2.75, 3.05) is 19.0 Å². The number of rotatable bonds is 6. The first-order valence-corrected chi connectivity index (χ1v) is 10.6. The molecule has 1 aliphatic heterocycles.